The summed E-state index contributed by atoms with van der Waals surface area (Å²) in [6.07, 6.45) is 0. The lowest BCUT2D eigenvalue weighted by molar-refractivity contribution is -0.137. The van der Waals surface area contributed by atoms with Gasteiger partial charge in [0.1, 0.15) is 5.69 Å². The second kappa shape index (κ2) is 7.14. The van der Waals surface area contributed by atoms with Crippen LogP contribution in [0.4, 0.5) is 0 Å². The Hall–Kier alpha value is -2.19. The van der Waals surface area contributed by atoms with Crippen LogP contribution in [0.5, 0.6) is 0 Å². The van der Waals surface area contributed by atoms with Crippen molar-refractivity contribution in [3.63, 3.8) is 0 Å². The number of para-hydroxylation sites is 1. The summed E-state index contributed by atoms with van der Waals surface area (Å²) in [5, 5.41) is 10.2. The minimum atomic E-state index is -0.312. The molecule has 24 heavy (non-hydrogen) atoms. The molecule has 2 heterocycles. The van der Waals surface area contributed by atoms with Crippen LogP contribution in [0.1, 0.15) is 13.0 Å². The number of benzene rings is 1. The van der Waals surface area contributed by atoms with E-state index in [1.165, 1.54) is 18.9 Å². The molecular weight excluding hydrogens is 328 g/mol. The first-order valence-corrected chi connectivity index (χ1v) is 8.46. The van der Waals surface area contributed by atoms with E-state index in [9.17, 15) is 4.79 Å². The van der Waals surface area contributed by atoms with Gasteiger partial charge >= 0.3 is 5.97 Å². The van der Waals surface area contributed by atoms with Crippen molar-refractivity contribution >= 4 is 28.6 Å². The first-order valence-electron chi connectivity index (χ1n) is 7.47. The van der Waals surface area contributed by atoms with E-state index in [0.717, 1.165) is 22.4 Å². The summed E-state index contributed by atoms with van der Waals surface area (Å²) in [4.78, 5) is 16.2. The van der Waals surface area contributed by atoms with Crippen molar-refractivity contribution in [2.75, 3.05) is 26.6 Å². The van der Waals surface area contributed by atoms with Gasteiger partial charge in [-0.05, 0) is 13.0 Å². The van der Waals surface area contributed by atoms with Crippen molar-refractivity contribution in [2.24, 2.45) is 0 Å². The molecule has 1 aromatic carbocycles. The summed E-state index contributed by atoms with van der Waals surface area (Å²) in [7, 11) is 3.02. The summed E-state index contributed by atoms with van der Waals surface area (Å²) in [5.41, 5.74) is 1.62. The van der Waals surface area contributed by atoms with Crippen LogP contribution >= 0.6 is 11.8 Å². The summed E-state index contributed by atoms with van der Waals surface area (Å²) < 4.78 is 12.0. The SMILES string of the molecule is COC[C@H](C)n1c(SCC(=O)OC)nnc2c3ccccc3nc1-2. The first-order chi connectivity index (χ1) is 11.7. The molecule has 3 rings (SSSR count). The number of ether oxygens (including phenoxy) is 2. The van der Waals surface area contributed by atoms with Gasteiger partial charge in [-0.1, -0.05) is 30.0 Å². The molecule has 1 atom stereocenters. The lowest BCUT2D eigenvalue weighted by Gasteiger charge is -2.20. The minimum Gasteiger partial charge on any atom is -0.468 e. The number of nitrogens with zero attached hydrogens (tertiary/aromatic N) is 4. The molecule has 7 nitrogen and oxygen atoms in total. The monoisotopic (exact) mass is 346 g/mol. The maximum absolute atomic E-state index is 11.5. The molecule has 1 aromatic rings. The Morgan fingerprint density at radius 1 is 1.29 bits per heavy atom. The van der Waals surface area contributed by atoms with Crippen molar-refractivity contribution in [1.29, 1.82) is 0 Å². The quantitative estimate of drug-likeness (QED) is 0.501. The van der Waals surface area contributed by atoms with Gasteiger partial charge in [-0.3, -0.25) is 9.36 Å². The highest BCUT2D eigenvalue weighted by Crippen LogP contribution is 2.33. The number of esters is 1. The van der Waals surface area contributed by atoms with Crippen LogP contribution in [0.15, 0.2) is 29.4 Å². The highest BCUT2D eigenvalue weighted by Gasteiger charge is 2.24. The van der Waals surface area contributed by atoms with Crippen LogP contribution in [0.2, 0.25) is 0 Å². The summed E-state index contributed by atoms with van der Waals surface area (Å²) in [6, 6.07) is 7.82. The number of rotatable bonds is 6. The normalized spacial score (nSPS) is 12.6. The zero-order valence-electron chi connectivity index (χ0n) is 13.7. The number of methoxy groups -OCH3 is 2. The number of carbonyl (C=O) groups is 1. The third-order valence-electron chi connectivity index (χ3n) is 3.66. The van der Waals surface area contributed by atoms with Crippen molar-refractivity contribution in [1.82, 2.24) is 19.7 Å². The number of carbonyl (C=O) groups excluding carboxylic acids is 1. The molecule has 0 unspecified atom stereocenters. The molecule has 0 radical (unpaired) electrons. The fourth-order valence-electron chi connectivity index (χ4n) is 2.55. The van der Waals surface area contributed by atoms with Gasteiger partial charge in [0.25, 0.3) is 0 Å². The Balaban J connectivity index is 2.11. The Morgan fingerprint density at radius 3 is 2.83 bits per heavy atom. The third kappa shape index (κ3) is 3.07. The Bertz CT molecular complexity index is 835. The lowest BCUT2D eigenvalue weighted by Crippen LogP contribution is -2.19. The van der Waals surface area contributed by atoms with Crippen LogP contribution in [-0.4, -0.2) is 52.3 Å². The van der Waals surface area contributed by atoms with E-state index in [1.54, 1.807) is 7.11 Å². The summed E-state index contributed by atoms with van der Waals surface area (Å²) >= 11 is 1.28. The van der Waals surface area contributed by atoms with Gasteiger partial charge in [0.2, 0.25) is 0 Å². The molecule has 0 spiro atoms. The Morgan fingerprint density at radius 2 is 2.08 bits per heavy atom. The molecule has 8 heteroatoms. The number of fused-ring (bicyclic) bond motifs is 3. The highest BCUT2D eigenvalue weighted by molar-refractivity contribution is 7.99. The van der Waals surface area contributed by atoms with Crippen molar-refractivity contribution in [3.8, 4) is 11.5 Å². The molecule has 2 aliphatic rings. The average molecular weight is 346 g/mol. The van der Waals surface area contributed by atoms with Gasteiger partial charge in [-0.15, -0.1) is 10.2 Å². The molecule has 2 aliphatic heterocycles. The molecule has 0 fully saturated rings. The zero-order chi connectivity index (χ0) is 17.1. The lowest BCUT2D eigenvalue weighted by atomic mass is 10.2. The Kier molecular flexibility index (Phi) is 4.96. The highest BCUT2D eigenvalue weighted by atomic mass is 32.2. The van der Waals surface area contributed by atoms with Gasteiger partial charge in [0.05, 0.1) is 31.0 Å². The van der Waals surface area contributed by atoms with Gasteiger partial charge in [-0.2, -0.15) is 0 Å². The predicted molar refractivity (Wildman–Crippen MR) is 91.3 cm³/mol. The molecule has 0 N–H and O–H groups in total. The van der Waals surface area contributed by atoms with E-state index in [1.807, 2.05) is 35.8 Å². The maximum atomic E-state index is 11.5. The molecule has 0 aromatic heterocycles. The van der Waals surface area contributed by atoms with E-state index >= 15 is 0 Å². The van der Waals surface area contributed by atoms with Gasteiger partial charge < -0.3 is 9.47 Å². The van der Waals surface area contributed by atoms with Crippen molar-refractivity contribution < 1.29 is 14.3 Å². The van der Waals surface area contributed by atoms with Crippen LogP contribution in [0, 0.1) is 0 Å². The van der Waals surface area contributed by atoms with Gasteiger partial charge in [0.15, 0.2) is 11.0 Å². The van der Waals surface area contributed by atoms with E-state index in [-0.39, 0.29) is 17.8 Å². The van der Waals surface area contributed by atoms with Crippen LogP contribution in [0.25, 0.3) is 22.4 Å². The Labute approximate surface area is 143 Å². The summed E-state index contributed by atoms with van der Waals surface area (Å²) in [5.74, 6) is 0.591. The molecular formula is C16H18N4O3S. The van der Waals surface area contributed by atoms with Crippen LogP contribution < -0.4 is 0 Å². The maximum Gasteiger partial charge on any atom is 0.316 e. The summed E-state index contributed by atoms with van der Waals surface area (Å²) in [6.45, 7) is 2.52. The zero-order valence-corrected chi connectivity index (χ0v) is 14.5. The largest absolute Gasteiger partial charge is 0.468 e. The fraction of sp³-hybridized carbons (Fsp3) is 0.375. The molecule has 0 aliphatic carbocycles. The van der Waals surface area contributed by atoms with E-state index in [4.69, 9.17) is 14.5 Å². The van der Waals surface area contributed by atoms with Gasteiger partial charge in [-0.25, -0.2) is 4.98 Å². The smallest absolute Gasteiger partial charge is 0.316 e. The topological polar surface area (TPSA) is 79.1 Å². The van der Waals surface area contributed by atoms with Crippen LogP contribution in [0.3, 0.4) is 0 Å². The molecule has 126 valence electrons. The minimum absolute atomic E-state index is 0.00235. The average Bonchev–Trinajstić information content (AvgIpc) is 2.97. The third-order valence-corrected chi connectivity index (χ3v) is 4.58. The predicted octanol–water partition coefficient (Wildman–Crippen LogP) is 2.40. The van der Waals surface area contributed by atoms with Crippen molar-refractivity contribution in [3.05, 3.63) is 24.3 Å². The molecule has 0 amide bonds. The number of hydrogen-bond donors (Lipinski definition) is 0. The standard InChI is InChI=1S/C16H18N4O3S/c1-10(8-22-2)20-15-14(11-6-4-5-7-12(11)17-15)18-19-16(20)24-9-13(21)23-3/h4-7,10H,8-9H2,1-3H3/t10-/m0/s1. The second-order valence-corrected chi connectivity index (χ2v) is 6.27. The van der Waals surface area contributed by atoms with E-state index in [2.05, 4.69) is 10.2 Å². The van der Waals surface area contributed by atoms with Gasteiger partial charge in [0, 0.05) is 12.5 Å². The van der Waals surface area contributed by atoms with Crippen LogP contribution in [-0.2, 0) is 14.3 Å². The molecule has 0 saturated carbocycles. The van der Waals surface area contributed by atoms with E-state index < -0.39 is 0 Å². The number of thioether (sulfide) groups is 1. The number of hydrogen-bond acceptors (Lipinski definition) is 7. The first kappa shape index (κ1) is 16.7. The number of aromatic nitrogens is 4. The fourth-order valence-corrected chi connectivity index (χ4v) is 3.42. The van der Waals surface area contributed by atoms with Crippen molar-refractivity contribution in [2.45, 2.75) is 18.1 Å². The second-order valence-electron chi connectivity index (χ2n) is 5.32. The molecule has 0 saturated heterocycles. The van der Waals surface area contributed by atoms with E-state index in [0.29, 0.717) is 11.8 Å². The molecule has 0 bridgehead atoms.